The molecule has 0 saturated heterocycles. The number of carbonyl (C=O) groups is 3. The standard InChI is InChI=1S/C30H39NO7/c1-30(2,3)38-29(34)31(20-22-11-7-5-8-12-22)26(19-27(32)37-25-13-9-6-10-14-25)28(33)36-21-23-15-17-24(35-4)18-16-23/h5,7-8,11-12,15-18,25-26H,6,9-10,13-14,19-21H2,1-4H3/t26-/m0/s1. The number of amides is 1. The molecule has 2 aromatic carbocycles. The first-order valence-corrected chi connectivity index (χ1v) is 13.2. The van der Waals surface area contributed by atoms with E-state index < -0.39 is 29.7 Å². The fourth-order valence-electron chi connectivity index (χ4n) is 4.27. The average Bonchev–Trinajstić information content (AvgIpc) is 2.89. The summed E-state index contributed by atoms with van der Waals surface area (Å²) in [5, 5.41) is 0. The molecule has 206 valence electrons. The summed E-state index contributed by atoms with van der Waals surface area (Å²) in [6, 6.07) is 15.1. The van der Waals surface area contributed by atoms with E-state index in [1.165, 1.54) is 4.90 Å². The van der Waals surface area contributed by atoms with E-state index in [4.69, 9.17) is 18.9 Å². The molecule has 0 aliphatic heterocycles. The Kier molecular flexibility index (Phi) is 10.6. The van der Waals surface area contributed by atoms with Gasteiger partial charge >= 0.3 is 18.0 Å². The van der Waals surface area contributed by atoms with E-state index in [1.54, 1.807) is 52.1 Å². The molecule has 8 heteroatoms. The first kappa shape index (κ1) is 29.0. The maximum Gasteiger partial charge on any atom is 0.411 e. The van der Waals surface area contributed by atoms with E-state index in [1.807, 2.05) is 30.3 Å². The molecule has 0 N–H and O–H groups in total. The van der Waals surface area contributed by atoms with E-state index in [9.17, 15) is 14.4 Å². The van der Waals surface area contributed by atoms with Gasteiger partial charge in [0.25, 0.3) is 0 Å². The van der Waals surface area contributed by atoms with Crippen LogP contribution in [-0.4, -0.2) is 47.8 Å². The Balaban J connectivity index is 1.83. The maximum atomic E-state index is 13.5. The summed E-state index contributed by atoms with van der Waals surface area (Å²) >= 11 is 0. The molecular weight excluding hydrogens is 486 g/mol. The first-order valence-electron chi connectivity index (χ1n) is 13.2. The number of esters is 2. The Morgan fingerprint density at radius 3 is 2.18 bits per heavy atom. The normalized spacial score (nSPS) is 14.7. The number of ether oxygens (including phenoxy) is 4. The van der Waals surface area contributed by atoms with Crippen molar-refractivity contribution in [3.8, 4) is 5.75 Å². The topological polar surface area (TPSA) is 91.4 Å². The summed E-state index contributed by atoms with van der Waals surface area (Å²) < 4.78 is 22.1. The van der Waals surface area contributed by atoms with Gasteiger partial charge in [-0.25, -0.2) is 9.59 Å². The molecule has 1 atom stereocenters. The first-order chi connectivity index (χ1) is 18.1. The summed E-state index contributed by atoms with van der Waals surface area (Å²) in [4.78, 5) is 41.1. The monoisotopic (exact) mass is 525 g/mol. The van der Waals surface area contributed by atoms with Gasteiger partial charge in [0.2, 0.25) is 0 Å². The van der Waals surface area contributed by atoms with Crippen molar-refractivity contribution in [2.45, 2.75) is 90.2 Å². The predicted octanol–water partition coefficient (Wildman–Crippen LogP) is 5.81. The summed E-state index contributed by atoms with van der Waals surface area (Å²) in [6.07, 6.45) is 3.53. The fraction of sp³-hybridized carbons (Fsp3) is 0.500. The molecule has 1 saturated carbocycles. The second kappa shape index (κ2) is 13.8. The smallest absolute Gasteiger partial charge is 0.411 e. The summed E-state index contributed by atoms with van der Waals surface area (Å²) in [5.74, 6) is -0.560. The van der Waals surface area contributed by atoms with Gasteiger partial charge in [-0.2, -0.15) is 0 Å². The van der Waals surface area contributed by atoms with E-state index in [0.29, 0.717) is 5.75 Å². The lowest BCUT2D eigenvalue weighted by molar-refractivity contribution is -0.160. The fourth-order valence-corrected chi connectivity index (χ4v) is 4.27. The maximum absolute atomic E-state index is 13.5. The Hall–Kier alpha value is -3.55. The van der Waals surface area contributed by atoms with Crippen LogP contribution in [-0.2, 0) is 37.0 Å². The predicted molar refractivity (Wildman–Crippen MR) is 142 cm³/mol. The average molecular weight is 526 g/mol. The van der Waals surface area contributed by atoms with Crippen LogP contribution in [0.3, 0.4) is 0 Å². The minimum absolute atomic E-state index is 0.0233. The lowest BCUT2D eigenvalue weighted by atomic mass is 9.98. The Morgan fingerprint density at radius 2 is 1.58 bits per heavy atom. The molecule has 0 radical (unpaired) electrons. The SMILES string of the molecule is COc1ccc(COC(=O)[C@H](CC(=O)OC2CCCCC2)N(Cc2ccccc2)C(=O)OC(C)(C)C)cc1. The summed E-state index contributed by atoms with van der Waals surface area (Å²) in [7, 11) is 1.57. The number of hydrogen-bond donors (Lipinski definition) is 0. The van der Waals surface area contributed by atoms with Crippen molar-refractivity contribution >= 4 is 18.0 Å². The van der Waals surface area contributed by atoms with Gasteiger partial charge in [-0.1, -0.05) is 48.9 Å². The van der Waals surface area contributed by atoms with Crippen LogP contribution in [0.4, 0.5) is 4.79 Å². The van der Waals surface area contributed by atoms with Gasteiger partial charge in [-0.15, -0.1) is 0 Å². The number of carbonyl (C=O) groups excluding carboxylic acids is 3. The van der Waals surface area contributed by atoms with Crippen LogP contribution < -0.4 is 4.74 Å². The third-order valence-electron chi connectivity index (χ3n) is 6.22. The van der Waals surface area contributed by atoms with Crippen LogP contribution in [0.25, 0.3) is 0 Å². The zero-order valence-corrected chi connectivity index (χ0v) is 22.8. The second-order valence-corrected chi connectivity index (χ2v) is 10.5. The number of nitrogens with zero attached hydrogens (tertiary/aromatic N) is 1. The largest absolute Gasteiger partial charge is 0.497 e. The highest BCUT2D eigenvalue weighted by molar-refractivity contribution is 5.86. The van der Waals surface area contributed by atoms with Gasteiger partial charge in [0, 0.05) is 6.54 Å². The van der Waals surface area contributed by atoms with E-state index in [2.05, 4.69) is 0 Å². The Labute approximate surface area is 225 Å². The van der Waals surface area contributed by atoms with Gasteiger partial charge in [0.05, 0.1) is 13.5 Å². The molecule has 8 nitrogen and oxygen atoms in total. The molecule has 0 bridgehead atoms. The van der Waals surface area contributed by atoms with Crippen LogP contribution in [0.2, 0.25) is 0 Å². The molecule has 0 heterocycles. The van der Waals surface area contributed by atoms with E-state index in [-0.39, 0.29) is 25.7 Å². The Bertz CT molecular complexity index is 1040. The molecule has 0 aromatic heterocycles. The van der Waals surface area contributed by atoms with Crippen molar-refractivity contribution in [1.82, 2.24) is 4.90 Å². The van der Waals surface area contributed by atoms with Crippen LogP contribution in [0.1, 0.15) is 70.4 Å². The van der Waals surface area contributed by atoms with Crippen LogP contribution >= 0.6 is 0 Å². The third kappa shape index (κ3) is 9.39. The molecule has 2 aromatic rings. The van der Waals surface area contributed by atoms with Crippen molar-refractivity contribution in [1.29, 1.82) is 0 Å². The highest BCUT2D eigenvalue weighted by Gasteiger charge is 2.37. The lowest BCUT2D eigenvalue weighted by Crippen LogP contribution is -2.48. The molecular formula is C30H39NO7. The van der Waals surface area contributed by atoms with Crippen molar-refractivity contribution < 1.29 is 33.3 Å². The summed E-state index contributed by atoms with van der Waals surface area (Å²) in [6.45, 7) is 5.29. The zero-order valence-electron chi connectivity index (χ0n) is 22.8. The number of methoxy groups -OCH3 is 1. The molecule has 0 spiro atoms. The summed E-state index contributed by atoms with van der Waals surface area (Å²) in [5.41, 5.74) is 0.730. The van der Waals surface area contributed by atoms with E-state index in [0.717, 1.165) is 43.2 Å². The van der Waals surface area contributed by atoms with Gasteiger partial charge in [0.1, 0.15) is 30.1 Å². The van der Waals surface area contributed by atoms with Crippen molar-refractivity contribution in [3.05, 3.63) is 65.7 Å². The molecule has 1 aliphatic carbocycles. The molecule has 1 amide bonds. The third-order valence-corrected chi connectivity index (χ3v) is 6.22. The molecule has 1 fully saturated rings. The minimum atomic E-state index is -1.22. The molecule has 38 heavy (non-hydrogen) atoms. The van der Waals surface area contributed by atoms with Gasteiger partial charge in [-0.05, 0) is 69.7 Å². The molecule has 1 aliphatic rings. The highest BCUT2D eigenvalue weighted by Crippen LogP contribution is 2.23. The quantitative estimate of drug-likeness (QED) is 0.285. The Morgan fingerprint density at radius 1 is 0.921 bits per heavy atom. The van der Waals surface area contributed by atoms with Crippen molar-refractivity contribution in [3.63, 3.8) is 0 Å². The van der Waals surface area contributed by atoms with Crippen molar-refractivity contribution in [2.75, 3.05) is 7.11 Å². The number of hydrogen-bond acceptors (Lipinski definition) is 7. The van der Waals surface area contributed by atoms with Crippen LogP contribution in [0.15, 0.2) is 54.6 Å². The number of rotatable bonds is 10. The van der Waals surface area contributed by atoms with Gasteiger partial charge in [0.15, 0.2) is 0 Å². The van der Waals surface area contributed by atoms with Crippen LogP contribution in [0.5, 0.6) is 5.75 Å². The van der Waals surface area contributed by atoms with Gasteiger partial charge < -0.3 is 18.9 Å². The van der Waals surface area contributed by atoms with Crippen LogP contribution in [0, 0.1) is 0 Å². The number of benzene rings is 2. The van der Waals surface area contributed by atoms with E-state index >= 15 is 0 Å². The lowest BCUT2D eigenvalue weighted by Gasteiger charge is -2.32. The van der Waals surface area contributed by atoms with Crippen molar-refractivity contribution in [2.24, 2.45) is 0 Å². The molecule has 3 rings (SSSR count). The zero-order chi connectivity index (χ0) is 27.5. The van der Waals surface area contributed by atoms with Gasteiger partial charge in [-0.3, -0.25) is 9.69 Å². The minimum Gasteiger partial charge on any atom is -0.497 e. The highest BCUT2D eigenvalue weighted by atomic mass is 16.6. The molecule has 0 unspecified atom stereocenters. The second-order valence-electron chi connectivity index (χ2n) is 10.5.